The van der Waals surface area contributed by atoms with E-state index in [1.807, 2.05) is 38.1 Å². The summed E-state index contributed by atoms with van der Waals surface area (Å²) in [4.78, 5) is 21.2. The molecule has 3 rings (SSSR count). The number of hydrogen-bond acceptors (Lipinski definition) is 4. The van der Waals surface area contributed by atoms with Crippen LogP contribution in [0.25, 0.3) is 11.0 Å². The number of para-hydroxylation sites is 2. The summed E-state index contributed by atoms with van der Waals surface area (Å²) in [6, 6.07) is 8.02. The fourth-order valence-corrected chi connectivity index (χ4v) is 3.01. The van der Waals surface area contributed by atoms with Crippen LogP contribution >= 0.6 is 11.3 Å². The Morgan fingerprint density at radius 2 is 2.14 bits per heavy atom. The number of fused-ring (bicyclic) bond motifs is 1. The van der Waals surface area contributed by atoms with Crippen LogP contribution in [0.15, 0.2) is 30.5 Å². The van der Waals surface area contributed by atoms with Crippen molar-refractivity contribution in [2.45, 2.75) is 20.4 Å². The van der Waals surface area contributed by atoms with Gasteiger partial charge in [-0.2, -0.15) is 0 Å². The highest BCUT2D eigenvalue weighted by Crippen LogP contribution is 2.15. The SMILES string of the molecule is Cc1ncc(C(=O)NCCn2c(C)nc3ccccc32)s1. The van der Waals surface area contributed by atoms with Gasteiger partial charge in [0.1, 0.15) is 10.7 Å². The van der Waals surface area contributed by atoms with Gasteiger partial charge in [0, 0.05) is 13.1 Å². The summed E-state index contributed by atoms with van der Waals surface area (Å²) in [7, 11) is 0. The molecule has 0 fully saturated rings. The maximum Gasteiger partial charge on any atom is 0.263 e. The zero-order valence-corrected chi connectivity index (χ0v) is 12.8. The Morgan fingerprint density at radius 3 is 2.90 bits per heavy atom. The topological polar surface area (TPSA) is 59.8 Å². The lowest BCUT2D eigenvalue weighted by Crippen LogP contribution is -2.26. The molecule has 0 aliphatic rings. The van der Waals surface area contributed by atoms with Crippen LogP contribution in [0, 0.1) is 13.8 Å². The third-order valence-corrected chi connectivity index (χ3v) is 4.22. The second-order valence-electron chi connectivity index (χ2n) is 4.80. The first-order chi connectivity index (χ1) is 10.1. The average molecular weight is 300 g/mol. The van der Waals surface area contributed by atoms with Crippen molar-refractivity contribution >= 4 is 28.3 Å². The number of rotatable bonds is 4. The van der Waals surface area contributed by atoms with Crippen molar-refractivity contribution in [1.29, 1.82) is 0 Å². The molecule has 1 amide bonds. The third kappa shape index (κ3) is 2.80. The van der Waals surface area contributed by atoms with Gasteiger partial charge in [0.2, 0.25) is 0 Å². The van der Waals surface area contributed by atoms with Crippen molar-refractivity contribution in [3.05, 3.63) is 46.2 Å². The second-order valence-corrected chi connectivity index (χ2v) is 6.03. The molecular formula is C15H16N4OS. The van der Waals surface area contributed by atoms with Crippen LogP contribution in [-0.4, -0.2) is 27.0 Å². The molecule has 0 atom stereocenters. The summed E-state index contributed by atoms with van der Waals surface area (Å²) in [5, 5.41) is 3.82. The standard InChI is InChI=1S/C15H16N4OS/c1-10-18-12-5-3-4-6-13(12)19(10)8-7-16-15(20)14-9-17-11(2)21-14/h3-6,9H,7-8H2,1-2H3,(H,16,20). The van der Waals surface area contributed by atoms with Crippen LogP contribution in [0.4, 0.5) is 0 Å². The Balaban J connectivity index is 1.67. The molecule has 6 heteroatoms. The second kappa shape index (κ2) is 5.65. The molecular weight excluding hydrogens is 284 g/mol. The summed E-state index contributed by atoms with van der Waals surface area (Å²) in [6.07, 6.45) is 1.62. The molecule has 0 unspecified atom stereocenters. The molecule has 0 aliphatic carbocycles. The van der Waals surface area contributed by atoms with Gasteiger partial charge < -0.3 is 9.88 Å². The number of carbonyl (C=O) groups is 1. The average Bonchev–Trinajstić information content (AvgIpc) is 3.03. The van der Waals surface area contributed by atoms with Gasteiger partial charge in [-0.1, -0.05) is 12.1 Å². The number of amides is 1. The van der Waals surface area contributed by atoms with E-state index in [9.17, 15) is 4.79 Å². The normalized spacial score (nSPS) is 11.0. The molecule has 2 heterocycles. The third-order valence-electron chi connectivity index (χ3n) is 3.31. The quantitative estimate of drug-likeness (QED) is 0.805. The number of nitrogens with zero attached hydrogens (tertiary/aromatic N) is 3. The van der Waals surface area contributed by atoms with Gasteiger partial charge >= 0.3 is 0 Å². The zero-order valence-electron chi connectivity index (χ0n) is 12.0. The zero-order chi connectivity index (χ0) is 14.8. The molecule has 5 nitrogen and oxygen atoms in total. The number of aryl methyl sites for hydroxylation is 2. The summed E-state index contributed by atoms with van der Waals surface area (Å²) < 4.78 is 2.12. The van der Waals surface area contributed by atoms with E-state index >= 15 is 0 Å². The first-order valence-electron chi connectivity index (χ1n) is 6.77. The Labute approximate surface area is 126 Å². The van der Waals surface area contributed by atoms with Crippen LogP contribution in [0.3, 0.4) is 0 Å². The van der Waals surface area contributed by atoms with Crippen molar-refractivity contribution in [2.75, 3.05) is 6.54 Å². The fourth-order valence-electron chi connectivity index (χ4n) is 2.31. The van der Waals surface area contributed by atoms with E-state index in [0.717, 1.165) is 21.9 Å². The minimum atomic E-state index is -0.0670. The number of imidazole rings is 1. The van der Waals surface area contributed by atoms with Crippen LogP contribution in [-0.2, 0) is 6.54 Å². The predicted octanol–water partition coefficient (Wildman–Crippen LogP) is 2.54. The largest absolute Gasteiger partial charge is 0.349 e. The first kappa shape index (κ1) is 13.8. The van der Waals surface area contributed by atoms with E-state index < -0.39 is 0 Å². The summed E-state index contributed by atoms with van der Waals surface area (Å²) >= 11 is 1.41. The van der Waals surface area contributed by atoms with Crippen LogP contribution < -0.4 is 5.32 Å². The van der Waals surface area contributed by atoms with E-state index in [2.05, 4.69) is 19.9 Å². The predicted molar refractivity (Wildman–Crippen MR) is 83.7 cm³/mol. The van der Waals surface area contributed by atoms with Crippen molar-refractivity contribution in [2.24, 2.45) is 0 Å². The Kier molecular flexibility index (Phi) is 3.70. The Morgan fingerprint density at radius 1 is 1.33 bits per heavy atom. The van der Waals surface area contributed by atoms with E-state index in [1.165, 1.54) is 11.3 Å². The van der Waals surface area contributed by atoms with Crippen LogP contribution in [0.5, 0.6) is 0 Å². The van der Waals surface area contributed by atoms with Crippen molar-refractivity contribution in [3.8, 4) is 0 Å². The monoisotopic (exact) mass is 300 g/mol. The van der Waals surface area contributed by atoms with Crippen LogP contribution in [0.1, 0.15) is 20.5 Å². The summed E-state index contributed by atoms with van der Waals surface area (Å²) in [6.45, 7) is 5.14. The van der Waals surface area contributed by atoms with E-state index in [0.29, 0.717) is 18.0 Å². The minimum absolute atomic E-state index is 0.0670. The molecule has 0 spiro atoms. The van der Waals surface area contributed by atoms with Crippen molar-refractivity contribution in [1.82, 2.24) is 19.9 Å². The number of thiazole rings is 1. The number of nitrogens with one attached hydrogen (secondary N) is 1. The molecule has 108 valence electrons. The number of benzene rings is 1. The summed E-state index contributed by atoms with van der Waals surface area (Å²) in [5.41, 5.74) is 2.08. The number of aromatic nitrogens is 3. The molecule has 2 aromatic heterocycles. The van der Waals surface area contributed by atoms with Gasteiger partial charge in [0.15, 0.2) is 0 Å². The Bertz CT molecular complexity index is 790. The highest BCUT2D eigenvalue weighted by atomic mass is 32.1. The van der Waals surface area contributed by atoms with Gasteiger partial charge in [-0.3, -0.25) is 4.79 Å². The Hall–Kier alpha value is -2.21. The van der Waals surface area contributed by atoms with Crippen LogP contribution in [0.2, 0.25) is 0 Å². The lowest BCUT2D eigenvalue weighted by atomic mass is 10.3. The van der Waals surface area contributed by atoms with Gasteiger partial charge in [-0.05, 0) is 26.0 Å². The maximum atomic E-state index is 12.0. The number of carbonyl (C=O) groups excluding carboxylic acids is 1. The maximum absolute atomic E-state index is 12.0. The molecule has 1 N–H and O–H groups in total. The lowest BCUT2D eigenvalue weighted by molar-refractivity contribution is 0.0956. The lowest BCUT2D eigenvalue weighted by Gasteiger charge is -2.07. The van der Waals surface area contributed by atoms with Gasteiger partial charge in [0.05, 0.1) is 22.2 Å². The number of hydrogen-bond donors (Lipinski definition) is 1. The van der Waals surface area contributed by atoms with Crippen molar-refractivity contribution < 1.29 is 4.79 Å². The van der Waals surface area contributed by atoms with Gasteiger partial charge in [-0.15, -0.1) is 11.3 Å². The van der Waals surface area contributed by atoms with E-state index in [4.69, 9.17) is 0 Å². The minimum Gasteiger partial charge on any atom is -0.349 e. The fraction of sp³-hybridized carbons (Fsp3) is 0.267. The van der Waals surface area contributed by atoms with Crippen molar-refractivity contribution in [3.63, 3.8) is 0 Å². The van der Waals surface area contributed by atoms with E-state index in [-0.39, 0.29) is 5.91 Å². The molecule has 0 saturated carbocycles. The molecule has 0 bridgehead atoms. The first-order valence-corrected chi connectivity index (χ1v) is 7.59. The molecule has 3 aromatic rings. The van der Waals surface area contributed by atoms with Gasteiger partial charge in [-0.25, -0.2) is 9.97 Å². The summed E-state index contributed by atoms with van der Waals surface area (Å²) in [5.74, 6) is 0.891. The molecule has 1 aromatic carbocycles. The molecule has 21 heavy (non-hydrogen) atoms. The molecule has 0 aliphatic heterocycles. The highest BCUT2D eigenvalue weighted by molar-refractivity contribution is 7.13. The molecule has 0 saturated heterocycles. The van der Waals surface area contributed by atoms with E-state index in [1.54, 1.807) is 6.20 Å². The highest BCUT2D eigenvalue weighted by Gasteiger charge is 2.10. The smallest absolute Gasteiger partial charge is 0.263 e. The van der Waals surface area contributed by atoms with Gasteiger partial charge in [0.25, 0.3) is 5.91 Å². The molecule has 0 radical (unpaired) electrons.